The molecule has 6 nitrogen and oxygen atoms in total. The zero-order valence-corrected chi connectivity index (χ0v) is 14.9. The molecule has 2 aromatic carbocycles. The molecule has 2 aliphatic rings. The van der Waals surface area contributed by atoms with Crippen molar-refractivity contribution in [1.82, 2.24) is 10.6 Å². The highest BCUT2D eigenvalue weighted by atomic mass is 79.9. The van der Waals surface area contributed by atoms with Gasteiger partial charge in [-0.25, -0.2) is 0 Å². The van der Waals surface area contributed by atoms with E-state index >= 15 is 0 Å². The van der Waals surface area contributed by atoms with Crippen molar-refractivity contribution in [2.75, 3.05) is 0 Å². The van der Waals surface area contributed by atoms with Crippen molar-refractivity contribution >= 4 is 45.0 Å². The Balaban J connectivity index is 1.90. The molecule has 4 rings (SSSR count). The number of amides is 3. The number of hydrogen-bond donors (Lipinski definition) is 3. The third-order valence-corrected chi connectivity index (χ3v) is 4.72. The number of carbonyl (C=O) groups excluding carboxylic acids is 3. The number of halogens is 1. The van der Waals surface area contributed by atoms with Crippen molar-refractivity contribution in [1.29, 1.82) is 0 Å². The maximum Gasteiger partial charge on any atom is 0.258 e. The number of carbonyl (C=O) groups is 3. The standard InChI is InChI=1S/C19H12BrN3O3/c20-12-6-2-4-10(8-12)16-14-13(18(25)23-16)15(22-19(14)26)9-3-1-5-11(7-9)17(21)24/h1-8H,(H2,21,24)(H,22,26)(H,23,25). The predicted molar refractivity (Wildman–Crippen MR) is 99.2 cm³/mol. The molecule has 26 heavy (non-hydrogen) atoms. The van der Waals surface area contributed by atoms with Gasteiger partial charge in [0.05, 0.1) is 22.5 Å². The van der Waals surface area contributed by atoms with Gasteiger partial charge in [0.1, 0.15) is 0 Å². The van der Waals surface area contributed by atoms with Crippen LogP contribution in [-0.4, -0.2) is 17.7 Å². The molecule has 128 valence electrons. The first kappa shape index (κ1) is 16.3. The van der Waals surface area contributed by atoms with Crippen LogP contribution in [-0.2, 0) is 9.59 Å². The Morgan fingerprint density at radius 3 is 1.92 bits per heavy atom. The van der Waals surface area contributed by atoms with E-state index < -0.39 is 5.91 Å². The Morgan fingerprint density at radius 1 is 0.846 bits per heavy atom. The molecule has 0 atom stereocenters. The topological polar surface area (TPSA) is 101 Å². The Hall–Kier alpha value is -3.19. The van der Waals surface area contributed by atoms with Crippen LogP contribution in [0.25, 0.3) is 11.4 Å². The second-order valence-electron chi connectivity index (χ2n) is 5.86. The fourth-order valence-corrected chi connectivity index (χ4v) is 3.49. The lowest BCUT2D eigenvalue weighted by Gasteiger charge is -2.08. The number of nitrogens with one attached hydrogen (secondary N) is 2. The van der Waals surface area contributed by atoms with E-state index in [1.165, 1.54) is 0 Å². The van der Waals surface area contributed by atoms with Gasteiger partial charge in [-0.3, -0.25) is 14.4 Å². The molecule has 0 unspecified atom stereocenters. The van der Waals surface area contributed by atoms with Gasteiger partial charge in [0, 0.05) is 10.0 Å². The smallest absolute Gasteiger partial charge is 0.258 e. The molecule has 2 aliphatic heterocycles. The van der Waals surface area contributed by atoms with Crippen LogP contribution in [0.1, 0.15) is 21.5 Å². The second kappa shape index (κ2) is 5.96. The molecule has 0 saturated heterocycles. The van der Waals surface area contributed by atoms with Crippen molar-refractivity contribution < 1.29 is 14.4 Å². The number of nitrogens with two attached hydrogens (primary N) is 1. The molecule has 2 heterocycles. The first-order valence-corrected chi connectivity index (χ1v) is 8.53. The largest absolute Gasteiger partial charge is 0.366 e. The van der Waals surface area contributed by atoms with Gasteiger partial charge in [-0.2, -0.15) is 0 Å². The minimum absolute atomic E-state index is 0.270. The van der Waals surface area contributed by atoms with E-state index in [0.29, 0.717) is 28.1 Å². The predicted octanol–water partition coefficient (Wildman–Crippen LogP) is 1.93. The first-order valence-electron chi connectivity index (χ1n) is 7.73. The molecule has 7 heteroatoms. The number of benzene rings is 2. The van der Waals surface area contributed by atoms with Crippen LogP contribution in [0.5, 0.6) is 0 Å². The summed E-state index contributed by atoms with van der Waals surface area (Å²) in [7, 11) is 0. The molecule has 0 radical (unpaired) electrons. The van der Waals surface area contributed by atoms with Crippen molar-refractivity contribution in [3.05, 3.63) is 80.8 Å². The Kier molecular flexibility index (Phi) is 3.73. The van der Waals surface area contributed by atoms with Crippen LogP contribution < -0.4 is 16.4 Å². The summed E-state index contributed by atoms with van der Waals surface area (Å²) in [6.45, 7) is 0. The third-order valence-electron chi connectivity index (χ3n) is 4.23. The average molecular weight is 410 g/mol. The Labute approximate surface area is 156 Å². The van der Waals surface area contributed by atoms with Gasteiger partial charge in [0.2, 0.25) is 5.91 Å². The lowest BCUT2D eigenvalue weighted by atomic mass is 10.0. The zero-order valence-electron chi connectivity index (χ0n) is 13.3. The van der Waals surface area contributed by atoms with Crippen molar-refractivity contribution in [3.8, 4) is 0 Å². The quantitative estimate of drug-likeness (QED) is 0.721. The normalized spacial score (nSPS) is 15.9. The van der Waals surface area contributed by atoms with E-state index in [0.717, 1.165) is 10.0 Å². The highest BCUT2D eigenvalue weighted by Gasteiger charge is 2.40. The van der Waals surface area contributed by atoms with E-state index in [-0.39, 0.29) is 17.4 Å². The van der Waals surface area contributed by atoms with Crippen LogP contribution in [0.15, 0.2) is 64.1 Å². The number of hydrogen-bond acceptors (Lipinski definition) is 3. The molecule has 0 spiro atoms. The van der Waals surface area contributed by atoms with Gasteiger partial charge in [0.25, 0.3) is 11.8 Å². The average Bonchev–Trinajstić information content (AvgIpc) is 3.14. The minimum Gasteiger partial charge on any atom is -0.366 e. The third kappa shape index (κ3) is 2.53. The number of primary amides is 1. The molecule has 0 fully saturated rings. The minimum atomic E-state index is -0.580. The summed E-state index contributed by atoms with van der Waals surface area (Å²) in [5.74, 6) is -1.32. The Bertz CT molecular complexity index is 1070. The summed E-state index contributed by atoms with van der Waals surface area (Å²) >= 11 is 3.39. The summed E-state index contributed by atoms with van der Waals surface area (Å²) in [5.41, 5.74) is 8.29. The molecule has 4 N–H and O–H groups in total. The maximum atomic E-state index is 12.6. The fraction of sp³-hybridized carbons (Fsp3) is 0. The molecule has 0 saturated carbocycles. The van der Waals surface area contributed by atoms with Crippen LogP contribution in [0, 0.1) is 0 Å². The summed E-state index contributed by atoms with van der Waals surface area (Å²) in [5, 5.41) is 5.52. The van der Waals surface area contributed by atoms with Gasteiger partial charge in [-0.05, 0) is 35.4 Å². The fourth-order valence-electron chi connectivity index (χ4n) is 3.09. The second-order valence-corrected chi connectivity index (χ2v) is 6.78. The van der Waals surface area contributed by atoms with Crippen molar-refractivity contribution in [3.63, 3.8) is 0 Å². The van der Waals surface area contributed by atoms with Gasteiger partial charge in [-0.1, -0.05) is 40.2 Å². The number of rotatable bonds is 3. The SMILES string of the molecule is NC(=O)c1cccc(C2=C3C(=O)NC(c4cccc(Br)c4)=C3C(=O)N2)c1. The molecule has 2 aromatic rings. The highest BCUT2D eigenvalue weighted by Crippen LogP contribution is 2.37. The Morgan fingerprint density at radius 2 is 1.38 bits per heavy atom. The van der Waals surface area contributed by atoms with Gasteiger partial charge in [-0.15, -0.1) is 0 Å². The molecule has 3 amide bonds. The zero-order chi connectivity index (χ0) is 18.4. The van der Waals surface area contributed by atoms with Gasteiger partial charge in [0.15, 0.2) is 0 Å². The summed E-state index contributed by atoms with van der Waals surface area (Å²) in [6, 6.07) is 13.8. The van der Waals surface area contributed by atoms with Crippen LogP contribution in [0.2, 0.25) is 0 Å². The lowest BCUT2D eigenvalue weighted by molar-refractivity contribution is -0.117. The van der Waals surface area contributed by atoms with Gasteiger partial charge < -0.3 is 16.4 Å². The summed E-state index contributed by atoms with van der Waals surface area (Å²) < 4.78 is 0.836. The lowest BCUT2D eigenvalue weighted by Crippen LogP contribution is -2.21. The van der Waals surface area contributed by atoms with Crippen molar-refractivity contribution in [2.45, 2.75) is 0 Å². The van der Waals surface area contributed by atoms with E-state index in [2.05, 4.69) is 26.6 Å². The van der Waals surface area contributed by atoms with E-state index in [1.54, 1.807) is 24.3 Å². The van der Waals surface area contributed by atoms with E-state index in [4.69, 9.17) is 5.73 Å². The van der Waals surface area contributed by atoms with Crippen molar-refractivity contribution in [2.24, 2.45) is 5.73 Å². The maximum absolute atomic E-state index is 12.6. The molecule has 0 aliphatic carbocycles. The molecule has 0 bridgehead atoms. The number of fused-ring (bicyclic) bond motifs is 1. The molecule has 0 aromatic heterocycles. The summed E-state index contributed by atoms with van der Waals surface area (Å²) in [6.07, 6.45) is 0. The molecular weight excluding hydrogens is 398 g/mol. The summed E-state index contributed by atoms with van der Waals surface area (Å²) in [4.78, 5) is 36.6. The van der Waals surface area contributed by atoms with Crippen LogP contribution in [0.4, 0.5) is 0 Å². The van der Waals surface area contributed by atoms with Crippen LogP contribution in [0.3, 0.4) is 0 Å². The molecular formula is C19H12BrN3O3. The first-order chi connectivity index (χ1) is 12.5. The highest BCUT2D eigenvalue weighted by molar-refractivity contribution is 9.10. The van der Waals surface area contributed by atoms with Crippen LogP contribution >= 0.6 is 15.9 Å². The van der Waals surface area contributed by atoms with E-state index in [9.17, 15) is 14.4 Å². The monoisotopic (exact) mass is 409 g/mol. The van der Waals surface area contributed by atoms with E-state index in [1.807, 2.05) is 24.3 Å². The van der Waals surface area contributed by atoms with Gasteiger partial charge >= 0.3 is 0 Å².